The number of anilines is 2. The Labute approximate surface area is 216 Å². The number of fused-ring (bicyclic) bond motifs is 2. The molecule has 2 aliphatic rings. The van der Waals surface area contributed by atoms with Gasteiger partial charge in [-0.05, 0) is 42.7 Å². The monoisotopic (exact) mass is 498 g/mol. The molecule has 2 aliphatic heterocycles. The molecule has 190 valence electrons. The molecule has 8 heteroatoms. The molecule has 0 aromatic heterocycles. The van der Waals surface area contributed by atoms with Crippen LogP contribution < -0.4 is 4.90 Å². The molecule has 0 saturated carbocycles. The van der Waals surface area contributed by atoms with E-state index in [1.165, 1.54) is 4.90 Å². The van der Waals surface area contributed by atoms with Crippen molar-refractivity contribution in [1.29, 1.82) is 0 Å². The lowest BCUT2D eigenvalue weighted by atomic mass is 10.0. The number of piperazine rings is 1. The van der Waals surface area contributed by atoms with Crippen molar-refractivity contribution in [2.45, 2.75) is 37.5 Å². The Bertz CT molecular complexity index is 1220. The highest BCUT2D eigenvalue weighted by Gasteiger charge is 2.54. The van der Waals surface area contributed by atoms with E-state index in [0.717, 1.165) is 5.56 Å². The molecular weight excluding hydrogens is 468 g/mol. The number of hydrogen-bond donors (Lipinski definition) is 1. The van der Waals surface area contributed by atoms with Crippen LogP contribution in [-0.4, -0.2) is 69.6 Å². The number of nitrogens with zero attached hydrogens (tertiary/aromatic N) is 4. The maximum Gasteiger partial charge on any atom is 0.329 e. The molecule has 0 radical (unpaired) electrons. The van der Waals surface area contributed by atoms with Crippen LogP contribution in [0.5, 0.6) is 0 Å². The summed E-state index contributed by atoms with van der Waals surface area (Å²) in [6, 6.07) is 25.5. The van der Waals surface area contributed by atoms with Crippen LogP contribution in [0, 0.1) is 0 Å². The van der Waals surface area contributed by atoms with E-state index in [4.69, 9.17) is 0 Å². The SMILES string of the molecule is CN(Cc1ccccc1)C(=O)N1[C@@H]2CC[C@H]1[C@H](C(=O)O)N(C(=O)N(c1ccccc1)c1ccccc1)C2. The molecule has 2 bridgehead atoms. The Morgan fingerprint density at radius 3 is 1.89 bits per heavy atom. The van der Waals surface area contributed by atoms with Crippen molar-refractivity contribution in [3.05, 3.63) is 96.6 Å². The van der Waals surface area contributed by atoms with Gasteiger partial charge >= 0.3 is 18.0 Å². The van der Waals surface area contributed by atoms with Crippen molar-refractivity contribution in [3.8, 4) is 0 Å². The van der Waals surface area contributed by atoms with Crippen LogP contribution in [0.25, 0.3) is 0 Å². The molecule has 2 fully saturated rings. The van der Waals surface area contributed by atoms with Crippen LogP contribution in [0.2, 0.25) is 0 Å². The van der Waals surface area contributed by atoms with Crippen molar-refractivity contribution in [1.82, 2.24) is 14.7 Å². The summed E-state index contributed by atoms with van der Waals surface area (Å²) >= 11 is 0. The molecule has 0 aliphatic carbocycles. The molecule has 2 heterocycles. The summed E-state index contributed by atoms with van der Waals surface area (Å²) in [6.07, 6.45) is 1.19. The number of carbonyl (C=O) groups excluding carboxylic acids is 2. The van der Waals surface area contributed by atoms with Gasteiger partial charge in [0.05, 0.1) is 23.5 Å². The zero-order valence-corrected chi connectivity index (χ0v) is 20.7. The van der Waals surface area contributed by atoms with Crippen LogP contribution in [-0.2, 0) is 11.3 Å². The zero-order chi connectivity index (χ0) is 25.9. The zero-order valence-electron chi connectivity index (χ0n) is 20.7. The van der Waals surface area contributed by atoms with Crippen molar-refractivity contribution >= 4 is 29.4 Å². The molecule has 3 aromatic carbocycles. The van der Waals surface area contributed by atoms with Crippen LogP contribution in [0.3, 0.4) is 0 Å². The predicted octanol–water partition coefficient (Wildman–Crippen LogP) is 4.80. The number of benzene rings is 3. The third-order valence-corrected chi connectivity index (χ3v) is 7.18. The summed E-state index contributed by atoms with van der Waals surface area (Å²) in [6.45, 7) is 0.583. The Morgan fingerprint density at radius 2 is 1.35 bits per heavy atom. The fourth-order valence-electron chi connectivity index (χ4n) is 5.52. The number of para-hydroxylation sites is 2. The molecule has 37 heavy (non-hydrogen) atoms. The summed E-state index contributed by atoms with van der Waals surface area (Å²) < 4.78 is 0. The average molecular weight is 499 g/mol. The standard InChI is InChI=1S/C29H30N4O4/c1-30(19-21-11-5-2-6-12-21)28(36)33-24-17-18-25(33)26(27(34)35)31(20-24)29(37)32(22-13-7-3-8-14-22)23-15-9-4-10-16-23/h2-16,24-26H,17-20H2,1H3,(H,34,35)/t24-,25+,26-/m1/s1. The Kier molecular flexibility index (Phi) is 6.81. The number of urea groups is 2. The second kappa shape index (κ2) is 10.3. The number of aliphatic carboxylic acids is 1. The molecule has 1 N–H and O–H groups in total. The molecule has 2 saturated heterocycles. The molecular formula is C29H30N4O4. The smallest absolute Gasteiger partial charge is 0.329 e. The molecule has 8 nitrogen and oxygen atoms in total. The first-order valence-corrected chi connectivity index (χ1v) is 12.5. The highest BCUT2D eigenvalue weighted by molar-refractivity contribution is 6.01. The van der Waals surface area contributed by atoms with E-state index in [2.05, 4.69) is 0 Å². The number of carboxylic acid groups (broad SMARTS) is 1. The van der Waals surface area contributed by atoms with Gasteiger partial charge in [0, 0.05) is 20.1 Å². The quantitative estimate of drug-likeness (QED) is 0.548. The van der Waals surface area contributed by atoms with Gasteiger partial charge in [0.2, 0.25) is 0 Å². The number of rotatable bonds is 5. The summed E-state index contributed by atoms with van der Waals surface area (Å²) in [5, 5.41) is 10.3. The van der Waals surface area contributed by atoms with E-state index in [1.807, 2.05) is 91.0 Å². The van der Waals surface area contributed by atoms with Crippen LogP contribution in [0.1, 0.15) is 18.4 Å². The lowest BCUT2D eigenvalue weighted by Gasteiger charge is -2.47. The third kappa shape index (κ3) is 4.74. The average Bonchev–Trinajstić information content (AvgIpc) is 3.22. The fraction of sp³-hybridized carbons (Fsp3) is 0.276. The number of likely N-dealkylation sites (tertiary alicyclic amines) is 1. The van der Waals surface area contributed by atoms with Crippen LogP contribution in [0.4, 0.5) is 21.0 Å². The van der Waals surface area contributed by atoms with E-state index in [1.54, 1.807) is 21.7 Å². The summed E-state index contributed by atoms with van der Waals surface area (Å²) in [4.78, 5) is 46.5. The molecule has 5 rings (SSSR count). The minimum Gasteiger partial charge on any atom is -0.480 e. The van der Waals surface area contributed by atoms with E-state index < -0.39 is 24.1 Å². The topological polar surface area (TPSA) is 84.4 Å². The summed E-state index contributed by atoms with van der Waals surface area (Å²) in [7, 11) is 1.73. The normalized spacial score (nSPS) is 20.4. The minimum atomic E-state index is -1.14. The van der Waals surface area contributed by atoms with Crippen LogP contribution >= 0.6 is 0 Å². The van der Waals surface area contributed by atoms with Gasteiger partial charge in [0.25, 0.3) is 0 Å². The molecule has 3 aromatic rings. The first-order valence-electron chi connectivity index (χ1n) is 12.5. The summed E-state index contributed by atoms with van der Waals surface area (Å²) in [5.41, 5.74) is 2.29. The number of amides is 4. The van der Waals surface area contributed by atoms with Gasteiger partial charge in [-0.3, -0.25) is 4.90 Å². The van der Waals surface area contributed by atoms with Gasteiger partial charge in [-0.15, -0.1) is 0 Å². The van der Waals surface area contributed by atoms with Crippen molar-refractivity contribution in [2.24, 2.45) is 0 Å². The Balaban J connectivity index is 1.43. The van der Waals surface area contributed by atoms with Crippen molar-refractivity contribution in [3.63, 3.8) is 0 Å². The van der Waals surface area contributed by atoms with E-state index in [0.29, 0.717) is 30.8 Å². The van der Waals surface area contributed by atoms with Gasteiger partial charge < -0.3 is 19.8 Å². The first kappa shape index (κ1) is 24.4. The van der Waals surface area contributed by atoms with Gasteiger partial charge in [-0.1, -0.05) is 66.7 Å². The number of hydrogen-bond acceptors (Lipinski definition) is 3. The highest BCUT2D eigenvalue weighted by Crippen LogP contribution is 2.37. The largest absolute Gasteiger partial charge is 0.480 e. The van der Waals surface area contributed by atoms with E-state index in [-0.39, 0.29) is 18.6 Å². The molecule has 4 amide bonds. The first-order chi connectivity index (χ1) is 18.0. The second-order valence-electron chi connectivity index (χ2n) is 9.55. The highest BCUT2D eigenvalue weighted by atomic mass is 16.4. The minimum absolute atomic E-state index is 0.160. The maximum atomic E-state index is 14.1. The fourth-order valence-corrected chi connectivity index (χ4v) is 5.52. The Hall–Kier alpha value is -4.33. The summed E-state index contributed by atoms with van der Waals surface area (Å²) in [5.74, 6) is -1.11. The lowest BCUT2D eigenvalue weighted by Crippen LogP contribution is -2.67. The Morgan fingerprint density at radius 1 is 0.811 bits per heavy atom. The van der Waals surface area contributed by atoms with Gasteiger partial charge in [0.1, 0.15) is 0 Å². The molecule has 0 unspecified atom stereocenters. The molecule has 0 spiro atoms. The second-order valence-corrected chi connectivity index (χ2v) is 9.55. The van der Waals surface area contributed by atoms with Crippen LogP contribution in [0.15, 0.2) is 91.0 Å². The van der Waals surface area contributed by atoms with Gasteiger partial charge in [-0.25, -0.2) is 14.4 Å². The van der Waals surface area contributed by atoms with Crippen molar-refractivity contribution < 1.29 is 19.5 Å². The third-order valence-electron chi connectivity index (χ3n) is 7.18. The van der Waals surface area contributed by atoms with E-state index in [9.17, 15) is 19.5 Å². The number of carboxylic acids is 1. The van der Waals surface area contributed by atoms with E-state index >= 15 is 0 Å². The lowest BCUT2D eigenvalue weighted by molar-refractivity contribution is -0.145. The van der Waals surface area contributed by atoms with Gasteiger partial charge in [-0.2, -0.15) is 0 Å². The predicted molar refractivity (Wildman–Crippen MR) is 141 cm³/mol. The van der Waals surface area contributed by atoms with Gasteiger partial charge in [0.15, 0.2) is 6.04 Å². The molecule has 3 atom stereocenters. The van der Waals surface area contributed by atoms with Crippen molar-refractivity contribution in [2.75, 3.05) is 18.5 Å². The number of carbonyl (C=O) groups is 3. The maximum absolute atomic E-state index is 14.1.